The van der Waals surface area contributed by atoms with Gasteiger partial charge in [0.25, 0.3) is 0 Å². The van der Waals surface area contributed by atoms with Crippen LogP contribution in [0, 0.1) is 5.41 Å². The number of aromatic nitrogens is 2. The van der Waals surface area contributed by atoms with Crippen molar-refractivity contribution < 1.29 is 9.15 Å². The van der Waals surface area contributed by atoms with E-state index in [-0.39, 0.29) is 0 Å². The highest BCUT2D eigenvalue weighted by molar-refractivity contribution is 5.54. The number of rotatable bonds is 4. The van der Waals surface area contributed by atoms with Crippen molar-refractivity contribution in [2.75, 3.05) is 26.7 Å². The number of hydrogen-bond acceptors (Lipinski definition) is 5. The monoisotopic (exact) mass is 315 g/mol. The van der Waals surface area contributed by atoms with Crippen molar-refractivity contribution in [3.05, 3.63) is 30.2 Å². The number of hydrogen-bond donors (Lipinski definition) is 0. The van der Waals surface area contributed by atoms with Gasteiger partial charge in [0.05, 0.1) is 13.0 Å². The third kappa shape index (κ3) is 3.91. The van der Waals surface area contributed by atoms with Gasteiger partial charge in [-0.15, -0.1) is 10.2 Å². The summed E-state index contributed by atoms with van der Waals surface area (Å²) in [5.74, 6) is 2.50. The van der Waals surface area contributed by atoms with Crippen molar-refractivity contribution in [2.24, 2.45) is 5.41 Å². The van der Waals surface area contributed by atoms with E-state index in [4.69, 9.17) is 9.15 Å². The predicted molar refractivity (Wildman–Crippen MR) is 89.5 cm³/mol. The van der Waals surface area contributed by atoms with Gasteiger partial charge in [-0.05, 0) is 42.6 Å². The quantitative estimate of drug-likeness (QED) is 0.863. The molecule has 5 heteroatoms. The minimum Gasteiger partial charge on any atom is -0.497 e. The molecule has 0 saturated carbocycles. The fourth-order valence-electron chi connectivity index (χ4n) is 3.10. The Morgan fingerprint density at radius 3 is 2.61 bits per heavy atom. The largest absolute Gasteiger partial charge is 0.497 e. The van der Waals surface area contributed by atoms with Crippen molar-refractivity contribution in [2.45, 2.75) is 33.1 Å². The molecule has 2 aromatic rings. The summed E-state index contributed by atoms with van der Waals surface area (Å²) in [6.45, 7) is 10.0. The molecule has 1 fully saturated rings. The van der Waals surface area contributed by atoms with Crippen LogP contribution >= 0.6 is 0 Å². The van der Waals surface area contributed by atoms with Crippen molar-refractivity contribution in [3.63, 3.8) is 0 Å². The fraction of sp³-hybridized carbons (Fsp3) is 0.556. The first-order chi connectivity index (χ1) is 10.9. The van der Waals surface area contributed by atoms with Crippen LogP contribution in [0.2, 0.25) is 0 Å². The highest BCUT2D eigenvalue weighted by Crippen LogP contribution is 2.30. The molecule has 0 bridgehead atoms. The second-order valence-corrected chi connectivity index (χ2v) is 7.46. The van der Waals surface area contributed by atoms with E-state index in [2.05, 4.69) is 35.9 Å². The maximum absolute atomic E-state index is 5.92. The van der Waals surface area contributed by atoms with Crippen molar-refractivity contribution in [1.82, 2.24) is 15.1 Å². The minimum atomic E-state index is 0.317. The lowest BCUT2D eigenvalue weighted by Gasteiger charge is -2.25. The van der Waals surface area contributed by atoms with Crippen LogP contribution in [0.1, 0.15) is 39.0 Å². The molecule has 0 spiro atoms. The lowest BCUT2D eigenvalue weighted by molar-refractivity contribution is 0.223. The molecule has 124 valence electrons. The van der Waals surface area contributed by atoms with Gasteiger partial charge >= 0.3 is 0 Å². The SMILES string of the molecule is COc1ccc(-c2nnc([C@H]3CCN(CC(C)(C)C)C3)o2)cc1. The van der Waals surface area contributed by atoms with E-state index < -0.39 is 0 Å². The molecular formula is C18H25N3O2. The van der Waals surface area contributed by atoms with Crippen LogP contribution in [0.25, 0.3) is 11.5 Å². The molecule has 1 aliphatic heterocycles. The standard InChI is InChI=1S/C18H25N3O2/c1-18(2,3)12-21-10-9-14(11-21)17-20-19-16(23-17)13-5-7-15(22-4)8-6-13/h5-8,14H,9-12H2,1-4H3/t14-/m0/s1. The van der Waals surface area contributed by atoms with Crippen LogP contribution in [-0.4, -0.2) is 41.8 Å². The molecule has 23 heavy (non-hydrogen) atoms. The lowest BCUT2D eigenvalue weighted by Crippen LogP contribution is -2.30. The van der Waals surface area contributed by atoms with Crippen molar-refractivity contribution >= 4 is 0 Å². The third-order valence-corrected chi connectivity index (χ3v) is 4.10. The van der Waals surface area contributed by atoms with Gasteiger partial charge < -0.3 is 14.1 Å². The number of likely N-dealkylation sites (tertiary alicyclic amines) is 1. The van der Waals surface area contributed by atoms with Gasteiger partial charge in [0.1, 0.15) is 5.75 Å². The summed E-state index contributed by atoms with van der Waals surface area (Å²) in [7, 11) is 1.66. The summed E-state index contributed by atoms with van der Waals surface area (Å²) < 4.78 is 11.1. The number of nitrogens with zero attached hydrogens (tertiary/aromatic N) is 3. The molecule has 0 N–H and O–H groups in total. The van der Waals surface area contributed by atoms with Gasteiger partial charge in [-0.2, -0.15) is 0 Å². The Hall–Kier alpha value is -1.88. The second kappa shape index (κ2) is 6.32. The molecule has 1 atom stereocenters. The Morgan fingerprint density at radius 1 is 1.22 bits per heavy atom. The van der Waals surface area contributed by atoms with Crippen LogP contribution in [0.4, 0.5) is 0 Å². The number of ether oxygens (including phenoxy) is 1. The Balaban J connectivity index is 1.67. The average Bonchev–Trinajstić information content (AvgIpc) is 3.14. The van der Waals surface area contributed by atoms with Crippen LogP contribution < -0.4 is 4.74 Å². The normalized spacial score (nSPS) is 19.2. The molecule has 0 amide bonds. The smallest absolute Gasteiger partial charge is 0.247 e. The van der Waals surface area contributed by atoms with Crippen LogP contribution in [-0.2, 0) is 0 Å². The minimum absolute atomic E-state index is 0.317. The van der Waals surface area contributed by atoms with E-state index in [1.54, 1.807) is 7.11 Å². The fourth-order valence-corrected chi connectivity index (χ4v) is 3.10. The molecule has 1 aromatic heterocycles. The number of methoxy groups -OCH3 is 1. The zero-order valence-corrected chi connectivity index (χ0v) is 14.4. The molecule has 1 aromatic carbocycles. The van der Waals surface area contributed by atoms with E-state index >= 15 is 0 Å². The van der Waals surface area contributed by atoms with Gasteiger partial charge in [-0.3, -0.25) is 0 Å². The van der Waals surface area contributed by atoms with E-state index in [9.17, 15) is 0 Å². The lowest BCUT2D eigenvalue weighted by atomic mass is 9.96. The van der Waals surface area contributed by atoms with Gasteiger partial charge in [-0.1, -0.05) is 20.8 Å². The van der Waals surface area contributed by atoms with E-state index in [1.807, 2.05) is 24.3 Å². The van der Waals surface area contributed by atoms with E-state index in [0.717, 1.165) is 43.3 Å². The summed E-state index contributed by atoms with van der Waals surface area (Å²) in [4.78, 5) is 2.49. The molecule has 2 heterocycles. The Kier molecular flexibility index (Phi) is 4.39. The summed E-state index contributed by atoms with van der Waals surface area (Å²) in [5.41, 5.74) is 1.24. The van der Waals surface area contributed by atoms with Gasteiger partial charge in [0.2, 0.25) is 11.8 Å². The van der Waals surface area contributed by atoms with Gasteiger partial charge in [-0.25, -0.2) is 0 Å². The molecule has 1 saturated heterocycles. The highest BCUT2D eigenvalue weighted by Gasteiger charge is 2.30. The molecule has 5 nitrogen and oxygen atoms in total. The molecule has 0 aliphatic carbocycles. The predicted octanol–water partition coefficient (Wildman–Crippen LogP) is 3.58. The Morgan fingerprint density at radius 2 is 1.96 bits per heavy atom. The Bertz CT molecular complexity index is 643. The first-order valence-electron chi connectivity index (χ1n) is 8.15. The Labute approximate surface area is 137 Å². The maximum Gasteiger partial charge on any atom is 0.247 e. The highest BCUT2D eigenvalue weighted by atomic mass is 16.5. The second-order valence-electron chi connectivity index (χ2n) is 7.46. The van der Waals surface area contributed by atoms with Crippen molar-refractivity contribution in [1.29, 1.82) is 0 Å². The first-order valence-corrected chi connectivity index (χ1v) is 8.15. The maximum atomic E-state index is 5.92. The molecule has 1 aliphatic rings. The molecule has 0 radical (unpaired) electrons. The van der Waals surface area contributed by atoms with Crippen molar-refractivity contribution in [3.8, 4) is 17.2 Å². The zero-order chi connectivity index (χ0) is 16.4. The summed E-state index contributed by atoms with van der Waals surface area (Å²) >= 11 is 0. The topological polar surface area (TPSA) is 51.4 Å². The summed E-state index contributed by atoms with van der Waals surface area (Å²) in [5, 5.41) is 8.48. The van der Waals surface area contributed by atoms with E-state index in [0.29, 0.717) is 17.2 Å². The van der Waals surface area contributed by atoms with Gasteiger partial charge in [0.15, 0.2) is 0 Å². The average molecular weight is 315 g/mol. The molecular weight excluding hydrogens is 290 g/mol. The third-order valence-electron chi connectivity index (χ3n) is 4.10. The van der Waals surface area contributed by atoms with Crippen LogP contribution in [0.15, 0.2) is 28.7 Å². The summed E-state index contributed by atoms with van der Waals surface area (Å²) in [6, 6.07) is 7.69. The summed E-state index contributed by atoms with van der Waals surface area (Å²) in [6.07, 6.45) is 1.08. The zero-order valence-electron chi connectivity index (χ0n) is 14.4. The molecule has 0 unspecified atom stereocenters. The van der Waals surface area contributed by atoms with Crippen LogP contribution in [0.5, 0.6) is 5.75 Å². The molecule has 3 rings (SSSR count). The van der Waals surface area contributed by atoms with E-state index in [1.165, 1.54) is 0 Å². The van der Waals surface area contributed by atoms with Crippen LogP contribution in [0.3, 0.4) is 0 Å². The first kappa shape index (κ1) is 16.0. The number of benzene rings is 1. The van der Waals surface area contributed by atoms with Gasteiger partial charge in [0, 0.05) is 18.7 Å².